The van der Waals surface area contributed by atoms with Gasteiger partial charge in [-0.25, -0.2) is 4.98 Å². The molecule has 7 nitrogen and oxygen atoms in total. The fourth-order valence-corrected chi connectivity index (χ4v) is 12.6. The van der Waals surface area contributed by atoms with Crippen LogP contribution in [0.5, 0.6) is 5.88 Å². The molecule has 1 aliphatic carbocycles. The van der Waals surface area contributed by atoms with Gasteiger partial charge in [-0.15, -0.1) is 5.54 Å². The smallest absolute Gasteiger partial charge is 0.229 e. The van der Waals surface area contributed by atoms with Crippen LogP contribution in [0, 0.1) is 24.3 Å². The molecule has 2 fully saturated rings. The molecule has 0 amide bonds. The van der Waals surface area contributed by atoms with Crippen molar-refractivity contribution in [3.05, 3.63) is 41.6 Å². The van der Waals surface area contributed by atoms with Gasteiger partial charge >= 0.3 is 0 Å². The standard InChI is InChI=1S/C36H52N6OSi/c1-25(2)44(26(3)4,27(5)6)22-17-32-28(7)35(43-24-29-11-9-10-12-29)39-34-33(32)23-37-36(40-34)38-30-13-15-31(16-14-30)42-20-18-41(8)19-21-42/h13-16,23,25-27,29H,9-12,18-21,24H2,1-8H3,(H,37,38,39,40). The Morgan fingerprint density at radius 1 is 0.932 bits per heavy atom. The van der Waals surface area contributed by atoms with Crippen molar-refractivity contribution in [1.29, 1.82) is 0 Å². The van der Waals surface area contributed by atoms with E-state index in [1.807, 2.05) is 6.20 Å². The molecular weight excluding hydrogens is 561 g/mol. The fraction of sp³-hybridized carbons (Fsp3) is 0.583. The number of likely N-dealkylation sites (N-methyl/N-ethyl adjacent to an activating group) is 1. The molecule has 8 heteroatoms. The Balaban J connectivity index is 1.48. The van der Waals surface area contributed by atoms with Crippen LogP contribution >= 0.6 is 0 Å². The van der Waals surface area contributed by atoms with Gasteiger partial charge in [0.15, 0.2) is 5.65 Å². The van der Waals surface area contributed by atoms with Crippen LogP contribution in [0.3, 0.4) is 0 Å². The van der Waals surface area contributed by atoms with Gasteiger partial charge in [0.25, 0.3) is 0 Å². The molecule has 2 aromatic heterocycles. The Kier molecular flexibility index (Phi) is 10.2. The molecule has 0 radical (unpaired) electrons. The summed E-state index contributed by atoms with van der Waals surface area (Å²) in [5.41, 5.74) is 10.3. The van der Waals surface area contributed by atoms with Crippen LogP contribution in [0.15, 0.2) is 30.5 Å². The summed E-state index contributed by atoms with van der Waals surface area (Å²) >= 11 is 0. The van der Waals surface area contributed by atoms with Gasteiger partial charge in [0.2, 0.25) is 11.8 Å². The third-order valence-corrected chi connectivity index (χ3v) is 16.4. The lowest BCUT2D eigenvalue weighted by molar-refractivity contribution is 0.242. The lowest BCUT2D eigenvalue weighted by atomic mass is 10.1. The quantitative estimate of drug-likeness (QED) is 0.194. The van der Waals surface area contributed by atoms with Crippen molar-refractivity contribution >= 4 is 36.4 Å². The number of ether oxygens (including phenoxy) is 1. The number of hydrogen-bond donors (Lipinski definition) is 1. The number of piperazine rings is 1. The molecule has 1 saturated heterocycles. The third kappa shape index (κ3) is 6.89. The zero-order valence-corrected chi connectivity index (χ0v) is 29.2. The fourth-order valence-electron chi connectivity index (χ4n) is 7.41. The van der Waals surface area contributed by atoms with Crippen LogP contribution in [-0.4, -0.2) is 67.8 Å². The minimum absolute atomic E-state index is 0.525. The highest BCUT2D eigenvalue weighted by atomic mass is 28.3. The maximum atomic E-state index is 6.42. The summed E-state index contributed by atoms with van der Waals surface area (Å²) in [6, 6.07) is 8.55. The first-order valence-electron chi connectivity index (χ1n) is 16.7. The Hall–Kier alpha value is -3.15. The van der Waals surface area contributed by atoms with Crippen LogP contribution in [0.25, 0.3) is 11.0 Å². The van der Waals surface area contributed by atoms with Gasteiger partial charge in [-0.3, -0.25) is 0 Å². The van der Waals surface area contributed by atoms with Gasteiger partial charge in [-0.1, -0.05) is 60.3 Å². The molecule has 5 rings (SSSR count). The first-order valence-corrected chi connectivity index (χ1v) is 19.0. The SMILES string of the molecule is Cc1c(OCC2CCCC2)nc2nc(Nc3ccc(N4CCN(C)CC4)cc3)ncc2c1C#C[Si](C(C)C)(C(C)C)C(C)C. The number of pyridine rings is 1. The zero-order valence-electron chi connectivity index (χ0n) is 28.2. The molecule has 1 aromatic carbocycles. The van der Waals surface area contributed by atoms with E-state index in [0.717, 1.165) is 48.4 Å². The molecule has 0 atom stereocenters. The second-order valence-electron chi connectivity index (χ2n) is 13.9. The molecule has 1 aliphatic heterocycles. The van der Waals surface area contributed by atoms with Gasteiger partial charge in [0, 0.05) is 54.9 Å². The van der Waals surface area contributed by atoms with Gasteiger partial charge in [0.05, 0.1) is 12.0 Å². The summed E-state index contributed by atoms with van der Waals surface area (Å²) in [4.78, 5) is 19.4. The molecule has 1 N–H and O–H groups in total. The number of benzene rings is 1. The van der Waals surface area contributed by atoms with Crippen LogP contribution < -0.4 is 15.0 Å². The normalized spacial score (nSPS) is 16.7. The number of rotatable bonds is 9. The van der Waals surface area contributed by atoms with Crippen molar-refractivity contribution in [2.75, 3.05) is 50.1 Å². The van der Waals surface area contributed by atoms with Gasteiger partial charge in [-0.2, -0.15) is 9.97 Å². The Morgan fingerprint density at radius 2 is 1.57 bits per heavy atom. The Labute approximate surface area is 266 Å². The second-order valence-corrected chi connectivity index (χ2v) is 19.5. The van der Waals surface area contributed by atoms with Crippen molar-refractivity contribution in [1.82, 2.24) is 19.9 Å². The summed E-state index contributed by atoms with van der Waals surface area (Å²) < 4.78 is 6.42. The predicted octanol–water partition coefficient (Wildman–Crippen LogP) is 7.97. The minimum atomic E-state index is -1.94. The van der Waals surface area contributed by atoms with E-state index in [2.05, 4.69) is 106 Å². The van der Waals surface area contributed by atoms with Crippen molar-refractivity contribution in [2.24, 2.45) is 5.92 Å². The van der Waals surface area contributed by atoms with Crippen LogP contribution in [0.4, 0.5) is 17.3 Å². The monoisotopic (exact) mass is 612 g/mol. The summed E-state index contributed by atoms with van der Waals surface area (Å²) in [5.74, 6) is 5.48. The number of anilines is 3. The summed E-state index contributed by atoms with van der Waals surface area (Å²) in [6.07, 6.45) is 6.93. The molecule has 1 saturated carbocycles. The molecule has 0 unspecified atom stereocenters. The highest BCUT2D eigenvalue weighted by Gasteiger charge is 2.41. The Bertz CT molecular complexity index is 1460. The van der Waals surface area contributed by atoms with E-state index in [1.165, 1.54) is 31.4 Å². The highest BCUT2D eigenvalue weighted by molar-refractivity contribution is 6.90. The Morgan fingerprint density at radius 3 is 2.18 bits per heavy atom. The van der Waals surface area contributed by atoms with E-state index >= 15 is 0 Å². The summed E-state index contributed by atoms with van der Waals surface area (Å²) in [7, 11) is 0.241. The van der Waals surface area contributed by atoms with Crippen molar-refractivity contribution in [3.8, 4) is 17.3 Å². The molecule has 2 aliphatic rings. The molecule has 3 aromatic rings. The first-order chi connectivity index (χ1) is 21.1. The predicted molar refractivity (Wildman–Crippen MR) is 187 cm³/mol. The van der Waals surface area contributed by atoms with Crippen molar-refractivity contribution in [3.63, 3.8) is 0 Å². The average molecular weight is 613 g/mol. The van der Waals surface area contributed by atoms with Gasteiger partial charge < -0.3 is 19.9 Å². The second kappa shape index (κ2) is 13.9. The van der Waals surface area contributed by atoms with Crippen molar-refractivity contribution in [2.45, 2.75) is 90.8 Å². The molecule has 0 spiro atoms. The molecular formula is C36H52N6OSi. The first kappa shape index (κ1) is 32.2. The van der Waals surface area contributed by atoms with E-state index in [1.54, 1.807) is 0 Å². The largest absolute Gasteiger partial charge is 0.477 e. The maximum Gasteiger partial charge on any atom is 0.229 e. The van der Waals surface area contributed by atoms with E-state index in [9.17, 15) is 0 Å². The number of nitrogens with one attached hydrogen (secondary N) is 1. The molecule has 44 heavy (non-hydrogen) atoms. The average Bonchev–Trinajstić information content (AvgIpc) is 3.52. The highest BCUT2D eigenvalue weighted by Crippen LogP contribution is 2.41. The number of hydrogen-bond acceptors (Lipinski definition) is 7. The number of nitrogens with zero attached hydrogens (tertiary/aromatic N) is 5. The zero-order chi connectivity index (χ0) is 31.4. The molecule has 0 bridgehead atoms. The lowest BCUT2D eigenvalue weighted by Crippen LogP contribution is -2.44. The molecule has 3 heterocycles. The summed E-state index contributed by atoms with van der Waals surface area (Å²) in [6.45, 7) is 21.2. The van der Waals surface area contributed by atoms with E-state index in [4.69, 9.17) is 19.7 Å². The van der Waals surface area contributed by atoms with E-state index in [0.29, 0.717) is 46.6 Å². The van der Waals surface area contributed by atoms with E-state index < -0.39 is 8.07 Å². The topological polar surface area (TPSA) is 66.4 Å². The molecule has 236 valence electrons. The van der Waals surface area contributed by atoms with Crippen LogP contribution in [0.1, 0.15) is 78.4 Å². The van der Waals surface area contributed by atoms with Crippen molar-refractivity contribution < 1.29 is 4.74 Å². The van der Waals surface area contributed by atoms with E-state index in [-0.39, 0.29) is 0 Å². The number of fused-ring (bicyclic) bond motifs is 1. The maximum absolute atomic E-state index is 6.42. The van der Waals surface area contributed by atoms with Crippen LogP contribution in [0.2, 0.25) is 16.6 Å². The summed E-state index contributed by atoms with van der Waals surface area (Å²) in [5, 5.41) is 4.29. The number of aromatic nitrogens is 3. The minimum Gasteiger partial charge on any atom is -0.477 e. The van der Waals surface area contributed by atoms with Gasteiger partial charge in [-0.05, 0) is 73.6 Å². The van der Waals surface area contributed by atoms with Crippen LogP contribution in [-0.2, 0) is 0 Å². The van der Waals surface area contributed by atoms with Gasteiger partial charge in [0.1, 0.15) is 8.07 Å². The third-order valence-electron chi connectivity index (χ3n) is 10.1. The lowest BCUT2D eigenvalue weighted by Gasteiger charge is -2.38.